The Kier molecular flexibility index (Phi) is 4.84. The van der Waals surface area contributed by atoms with E-state index in [1.807, 2.05) is 12.1 Å². The summed E-state index contributed by atoms with van der Waals surface area (Å²) in [6.07, 6.45) is 0.633. The number of aldehydes is 1. The second kappa shape index (κ2) is 6.65. The van der Waals surface area contributed by atoms with Crippen LogP contribution in [0.4, 0.5) is 0 Å². The summed E-state index contributed by atoms with van der Waals surface area (Å²) in [4.78, 5) is 23.4. The number of rotatable bonds is 4. The molecule has 0 saturated heterocycles. The van der Waals surface area contributed by atoms with E-state index in [1.165, 1.54) is 7.11 Å². The molecule has 0 amide bonds. The van der Waals surface area contributed by atoms with Crippen LogP contribution in [0.25, 0.3) is 0 Å². The first-order valence-electron chi connectivity index (χ1n) is 7.31. The number of hydrogen-bond acceptors (Lipinski definition) is 4. The van der Waals surface area contributed by atoms with Gasteiger partial charge in [-0.25, -0.2) is 4.79 Å². The van der Waals surface area contributed by atoms with Gasteiger partial charge in [-0.15, -0.1) is 0 Å². The zero-order valence-electron chi connectivity index (χ0n) is 13.8. The summed E-state index contributed by atoms with van der Waals surface area (Å²) < 4.78 is 10.5. The van der Waals surface area contributed by atoms with Crippen LogP contribution < -0.4 is 9.47 Å². The topological polar surface area (TPSA) is 52.6 Å². The van der Waals surface area contributed by atoms with Gasteiger partial charge in [0.2, 0.25) is 0 Å². The number of benzene rings is 2. The van der Waals surface area contributed by atoms with Crippen molar-refractivity contribution in [1.29, 1.82) is 0 Å². The molecule has 23 heavy (non-hydrogen) atoms. The van der Waals surface area contributed by atoms with Crippen molar-refractivity contribution in [3.8, 4) is 11.5 Å². The van der Waals surface area contributed by atoms with E-state index in [1.54, 1.807) is 30.3 Å². The summed E-state index contributed by atoms with van der Waals surface area (Å²) in [5, 5.41) is 0. The maximum absolute atomic E-state index is 12.3. The molecule has 0 fully saturated rings. The Hall–Kier alpha value is -2.62. The smallest absolute Gasteiger partial charge is 0.343 e. The molecule has 0 aliphatic rings. The first-order valence-corrected chi connectivity index (χ1v) is 7.31. The molecule has 0 N–H and O–H groups in total. The Balaban J connectivity index is 2.28. The van der Waals surface area contributed by atoms with Gasteiger partial charge in [-0.3, -0.25) is 4.79 Å². The van der Waals surface area contributed by atoms with Crippen LogP contribution in [0.2, 0.25) is 0 Å². The number of methoxy groups -OCH3 is 1. The second-order valence-corrected chi connectivity index (χ2v) is 6.21. The number of carbonyl (C=O) groups is 2. The minimum Gasteiger partial charge on any atom is -0.493 e. The third-order valence-corrected chi connectivity index (χ3v) is 3.54. The zero-order valence-corrected chi connectivity index (χ0v) is 13.8. The summed E-state index contributed by atoms with van der Waals surface area (Å²) in [6, 6.07) is 12.1. The number of para-hydroxylation sites is 1. The Morgan fingerprint density at radius 1 is 1.04 bits per heavy atom. The highest BCUT2D eigenvalue weighted by Crippen LogP contribution is 2.31. The molecule has 2 rings (SSSR count). The Labute approximate surface area is 136 Å². The molecule has 0 aliphatic carbocycles. The number of esters is 1. The molecule has 0 aliphatic heterocycles. The fourth-order valence-electron chi connectivity index (χ4n) is 2.15. The minimum atomic E-state index is -0.530. The summed E-state index contributed by atoms with van der Waals surface area (Å²) in [6.45, 7) is 6.31. The highest BCUT2D eigenvalue weighted by Gasteiger charge is 2.18. The number of carbonyl (C=O) groups excluding carboxylic acids is 2. The molecule has 4 heteroatoms. The van der Waals surface area contributed by atoms with Gasteiger partial charge in [0, 0.05) is 0 Å². The first-order chi connectivity index (χ1) is 10.9. The van der Waals surface area contributed by atoms with Crippen molar-refractivity contribution >= 4 is 12.3 Å². The fourth-order valence-corrected chi connectivity index (χ4v) is 2.15. The van der Waals surface area contributed by atoms with E-state index >= 15 is 0 Å². The average molecular weight is 312 g/mol. The van der Waals surface area contributed by atoms with E-state index in [2.05, 4.69) is 20.8 Å². The molecule has 0 bridgehead atoms. The van der Waals surface area contributed by atoms with Gasteiger partial charge in [0.15, 0.2) is 17.8 Å². The molecule has 0 atom stereocenters. The van der Waals surface area contributed by atoms with Crippen molar-refractivity contribution < 1.29 is 19.1 Å². The van der Waals surface area contributed by atoms with Gasteiger partial charge in [0.05, 0.1) is 18.2 Å². The predicted octanol–water partition coefficient (Wildman–Crippen LogP) is 4.02. The molecule has 0 spiro atoms. The van der Waals surface area contributed by atoms with Crippen molar-refractivity contribution in [2.75, 3.05) is 7.11 Å². The first kappa shape index (κ1) is 16.7. The Bertz CT molecular complexity index is 709. The van der Waals surface area contributed by atoms with E-state index in [4.69, 9.17) is 9.47 Å². The van der Waals surface area contributed by atoms with Crippen LogP contribution in [-0.4, -0.2) is 19.4 Å². The van der Waals surface area contributed by atoms with Crippen molar-refractivity contribution in [2.45, 2.75) is 26.2 Å². The lowest BCUT2D eigenvalue weighted by atomic mass is 9.87. The summed E-state index contributed by atoms with van der Waals surface area (Å²) in [5.74, 6) is -0.0535. The van der Waals surface area contributed by atoms with Crippen LogP contribution in [0, 0.1) is 0 Å². The van der Waals surface area contributed by atoms with Crippen LogP contribution in [0.5, 0.6) is 11.5 Å². The molecule has 2 aromatic rings. The van der Waals surface area contributed by atoms with Crippen molar-refractivity contribution in [3.63, 3.8) is 0 Å². The van der Waals surface area contributed by atoms with Crippen LogP contribution in [0.15, 0.2) is 42.5 Å². The summed E-state index contributed by atoms with van der Waals surface area (Å²) in [5.41, 5.74) is 1.82. The third kappa shape index (κ3) is 3.77. The van der Waals surface area contributed by atoms with Gasteiger partial charge >= 0.3 is 5.97 Å². The standard InChI is InChI=1S/C19H20O4/c1-19(2,3)15-10-8-13(9-11-15)18(21)23-17-14(12-20)6-5-7-16(17)22-4/h5-12H,1-4H3. The molecule has 0 unspecified atom stereocenters. The van der Waals surface area contributed by atoms with Crippen LogP contribution in [-0.2, 0) is 5.41 Å². The molecule has 0 heterocycles. The van der Waals surface area contributed by atoms with Gasteiger partial charge in [-0.2, -0.15) is 0 Å². The molecular formula is C19H20O4. The lowest BCUT2D eigenvalue weighted by Gasteiger charge is -2.19. The molecule has 2 aromatic carbocycles. The maximum Gasteiger partial charge on any atom is 0.343 e. The molecule has 0 saturated carbocycles. The van der Waals surface area contributed by atoms with E-state index in [9.17, 15) is 9.59 Å². The molecular weight excluding hydrogens is 292 g/mol. The van der Waals surface area contributed by atoms with E-state index in [-0.39, 0.29) is 16.7 Å². The Morgan fingerprint density at radius 3 is 2.22 bits per heavy atom. The van der Waals surface area contributed by atoms with Crippen LogP contribution in [0.1, 0.15) is 47.1 Å². The molecule has 0 radical (unpaired) electrons. The fraction of sp³-hybridized carbons (Fsp3) is 0.263. The second-order valence-electron chi connectivity index (χ2n) is 6.21. The predicted molar refractivity (Wildman–Crippen MR) is 88.5 cm³/mol. The normalized spacial score (nSPS) is 11.0. The molecule has 120 valence electrons. The molecule has 0 aromatic heterocycles. The zero-order chi connectivity index (χ0) is 17.0. The molecule has 4 nitrogen and oxygen atoms in total. The van der Waals surface area contributed by atoms with E-state index < -0.39 is 5.97 Å². The lowest BCUT2D eigenvalue weighted by Crippen LogP contribution is -2.13. The highest BCUT2D eigenvalue weighted by molar-refractivity contribution is 5.93. The minimum absolute atomic E-state index is 0.00969. The van der Waals surface area contributed by atoms with Gasteiger partial charge in [0.1, 0.15) is 0 Å². The largest absolute Gasteiger partial charge is 0.493 e. The highest BCUT2D eigenvalue weighted by atomic mass is 16.6. The Morgan fingerprint density at radius 2 is 1.70 bits per heavy atom. The van der Waals surface area contributed by atoms with Crippen molar-refractivity contribution in [3.05, 3.63) is 59.2 Å². The van der Waals surface area contributed by atoms with E-state index in [0.717, 1.165) is 5.56 Å². The number of hydrogen-bond donors (Lipinski definition) is 0. The van der Waals surface area contributed by atoms with Crippen LogP contribution in [0.3, 0.4) is 0 Å². The van der Waals surface area contributed by atoms with E-state index in [0.29, 0.717) is 17.6 Å². The summed E-state index contributed by atoms with van der Waals surface area (Å²) in [7, 11) is 1.46. The number of ether oxygens (including phenoxy) is 2. The van der Waals surface area contributed by atoms with Crippen molar-refractivity contribution in [2.24, 2.45) is 0 Å². The van der Waals surface area contributed by atoms with Crippen molar-refractivity contribution in [1.82, 2.24) is 0 Å². The SMILES string of the molecule is COc1cccc(C=O)c1OC(=O)c1ccc(C(C)(C)C)cc1. The quantitative estimate of drug-likeness (QED) is 0.486. The van der Waals surface area contributed by atoms with Gasteiger partial charge in [-0.1, -0.05) is 39.0 Å². The lowest BCUT2D eigenvalue weighted by molar-refractivity contribution is 0.0728. The summed E-state index contributed by atoms with van der Waals surface area (Å²) >= 11 is 0. The monoisotopic (exact) mass is 312 g/mol. The van der Waals surface area contributed by atoms with Gasteiger partial charge in [0.25, 0.3) is 0 Å². The average Bonchev–Trinajstić information content (AvgIpc) is 2.54. The third-order valence-electron chi connectivity index (χ3n) is 3.54. The van der Waals surface area contributed by atoms with Gasteiger partial charge < -0.3 is 9.47 Å². The van der Waals surface area contributed by atoms with Gasteiger partial charge in [-0.05, 0) is 35.2 Å². The maximum atomic E-state index is 12.3. The van der Waals surface area contributed by atoms with Crippen LogP contribution >= 0.6 is 0 Å².